The van der Waals surface area contributed by atoms with Crippen LogP contribution in [0.1, 0.15) is 44.2 Å². The maximum atomic E-state index is 10.6. The summed E-state index contributed by atoms with van der Waals surface area (Å²) < 4.78 is 0. The minimum absolute atomic E-state index is 0.426. The minimum Gasteiger partial charge on any atom is -0.350 e. The number of aryl methyl sites for hydroxylation is 2. The Labute approximate surface area is 207 Å². The first-order chi connectivity index (χ1) is 16.7. The summed E-state index contributed by atoms with van der Waals surface area (Å²) in [5.74, 6) is 11.4. The van der Waals surface area contributed by atoms with E-state index in [0.29, 0.717) is 16.5 Å². The molecule has 8 nitrogen and oxygen atoms in total. The molecule has 8 heteroatoms. The van der Waals surface area contributed by atoms with Gasteiger partial charge in [-0.3, -0.25) is 10.4 Å². The molecule has 0 spiro atoms. The van der Waals surface area contributed by atoms with Crippen LogP contribution in [0.4, 0.5) is 9.59 Å². The van der Waals surface area contributed by atoms with E-state index < -0.39 is 24.1 Å². The molecule has 0 fully saturated rings. The Morgan fingerprint density at radius 3 is 1.57 bits per heavy atom. The lowest BCUT2D eigenvalue weighted by molar-refractivity contribution is -0.0536. The molecule has 2 unspecified atom stereocenters. The van der Waals surface area contributed by atoms with Gasteiger partial charge in [0.2, 0.25) is 0 Å². The van der Waals surface area contributed by atoms with Crippen molar-refractivity contribution in [3.05, 3.63) is 71.8 Å². The van der Waals surface area contributed by atoms with Crippen molar-refractivity contribution in [1.82, 2.24) is 10.1 Å². The summed E-state index contributed by atoms with van der Waals surface area (Å²) in [6, 6.07) is 17.2. The number of nitrogens with two attached hydrogens (primary N) is 2. The van der Waals surface area contributed by atoms with E-state index in [0.717, 1.165) is 25.7 Å². The second-order valence-corrected chi connectivity index (χ2v) is 7.68. The summed E-state index contributed by atoms with van der Waals surface area (Å²) >= 11 is 0. The van der Waals surface area contributed by atoms with Crippen molar-refractivity contribution in [2.24, 2.45) is 11.5 Å². The van der Waals surface area contributed by atoms with Gasteiger partial charge in [-0.2, -0.15) is 10.1 Å². The highest BCUT2D eigenvalue weighted by molar-refractivity contribution is 5.71. The molecule has 0 aliphatic carbocycles. The molecule has 186 valence electrons. The Balaban J connectivity index is 0.000000351. The van der Waals surface area contributed by atoms with Crippen molar-refractivity contribution in [3.8, 4) is 23.7 Å². The van der Waals surface area contributed by atoms with Crippen molar-refractivity contribution in [3.63, 3.8) is 0 Å². The van der Waals surface area contributed by atoms with Crippen molar-refractivity contribution in [2.75, 3.05) is 0 Å². The second-order valence-electron chi connectivity index (χ2n) is 7.68. The van der Waals surface area contributed by atoms with Gasteiger partial charge in [0.15, 0.2) is 0 Å². The molecule has 35 heavy (non-hydrogen) atoms. The number of hydroxylamine groups is 4. The van der Waals surface area contributed by atoms with E-state index in [1.807, 2.05) is 48.5 Å². The zero-order chi connectivity index (χ0) is 26.1. The molecule has 2 aromatic carbocycles. The molecule has 2 rings (SSSR count). The molecule has 0 heterocycles. The summed E-state index contributed by atoms with van der Waals surface area (Å²) in [6.45, 7) is 3.23. The lowest BCUT2D eigenvalue weighted by atomic mass is 10.1. The number of amides is 4. The van der Waals surface area contributed by atoms with Crippen molar-refractivity contribution < 1.29 is 20.0 Å². The average Bonchev–Trinajstić information content (AvgIpc) is 2.86. The molecule has 0 saturated heterocycles. The van der Waals surface area contributed by atoms with E-state index in [4.69, 9.17) is 16.7 Å². The lowest BCUT2D eigenvalue weighted by Gasteiger charge is -2.14. The standard InChI is InChI=1S/C14H18N2O2.C13H16N2O2/c1-12(16(18)14(15)17)8-4-2-5-9-13-10-6-3-7-11-13;1-11(15(17)13(14)16)7-5-6-10-12-8-3-2-4-9-12/h3,6-7,10-12,18H,2,5,9H2,1H3,(H2,15,17);2-4,8-9,11,17H,6,10H2,1H3,(H2,14,16). The molecule has 2 aromatic rings. The predicted octanol–water partition coefficient (Wildman–Crippen LogP) is 3.95. The third-order valence-corrected chi connectivity index (χ3v) is 4.80. The number of benzene rings is 2. The zero-order valence-electron chi connectivity index (χ0n) is 20.2. The molecule has 0 saturated carbocycles. The fraction of sp³-hybridized carbons (Fsp3) is 0.333. The van der Waals surface area contributed by atoms with Crippen LogP contribution in [0.25, 0.3) is 0 Å². The average molecular weight is 479 g/mol. The van der Waals surface area contributed by atoms with Gasteiger partial charge in [-0.1, -0.05) is 72.5 Å². The van der Waals surface area contributed by atoms with E-state index in [-0.39, 0.29) is 0 Å². The number of urea groups is 2. The lowest BCUT2D eigenvalue weighted by Crippen LogP contribution is -2.38. The van der Waals surface area contributed by atoms with Gasteiger partial charge in [-0.05, 0) is 44.2 Å². The normalized spacial score (nSPS) is 11.2. The van der Waals surface area contributed by atoms with Crippen LogP contribution in [0.3, 0.4) is 0 Å². The van der Waals surface area contributed by atoms with Gasteiger partial charge in [-0.25, -0.2) is 9.59 Å². The van der Waals surface area contributed by atoms with Crippen molar-refractivity contribution in [1.29, 1.82) is 0 Å². The monoisotopic (exact) mass is 478 g/mol. The molecule has 0 aliphatic rings. The summed E-state index contributed by atoms with van der Waals surface area (Å²) in [6.07, 6.45) is 4.18. The van der Waals surface area contributed by atoms with Crippen LogP contribution in [-0.2, 0) is 12.8 Å². The SMILES string of the molecule is CC(C#CCCCc1ccccc1)N(O)C(N)=O.CC(C#CCCc1ccccc1)N(O)C(N)=O. The zero-order valence-corrected chi connectivity index (χ0v) is 20.2. The molecule has 0 radical (unpaired) electrons. The highest BCUT2D eigenvalue weighted by atomic mass is 16.5. The van der Waals surface area contributed by atoms with E-state index in [1.54, 1.807) is 13.8 Å². The van der Waals surface area contributed by atoms with Gasteiger partial charge in [0.05, 0.1) is 0 Å². The first-order valence-electron chi connectivity index (χ1n) is 11.3. The van der Waals surface area contributed by atoms with Crippen LogP contribution in [-0.4, -0.2) is 44.7 Å². The molecule has 6 N–H and O–H groups in total. The van der Waals surface area contributed by atoms with Crippen LogP contribution in [0.5, 0.6) is 0 Å². The maximum absolute atomic E-state index is 10.6. The van der Waals surface area contributed by atoms with Crippen LogP contribution in [0.15, 0.2) is 60.7 Å². The number of hydrogen-bond donors (Lipinski definition) is 4. The maximum Gasteiger partial charge on any atom is 0.339 e. The second kappa shape index (κ2) is 16.6. The number of hydrogen-bond acceptors (Lipinski definition) is 4. The third kappa shape index (κ3) is 12.7. The van der Waals surface area contributed by atoms with E-state index in [9.17, 15) is 14.8 Å². The van der Waals surface area contributed by atoms with Crippen LogP contribution in [0.2, 0.25) is 0 Å². The molecule has 0 aromatic heterocycles. The summed E-state index contributed by atoms with van der Waals surface area (Å²) in [4.78, 5) is 21.3. The summed E-state index contributed by atoms with van der Waals surface area (Å²) in [5, 5.41) is 19.2. The Bertz CT molecular complexity index is 1020. The van der Waals surface area contributed by atoms with Crippen LogP contribution < -0.4 is 11.5 Å². The molecule has 2 atom stereocenters. The van der Waals surface area contributed by atoms with E-state index in [1.165, 1.54) is 11.1 Å². The molecule has 0 aliphatic heterocycles. The highest BCUT2D eigenvalue weighted by Gasteiger charge is 2.12. The third-order valence-electron chi connectivity index (χ3n) is 4.80. The van der Waals surface area contributed by atoms with Gasteiger partial charge in [0.1, 0.15) is 12.1 Å². The fourth-order valence-electron chi connectivity index (χ4n) is 2.82. The fourth-order valence-corrected chi connectivity index (χ4v) is 2.82. The topological polar surface area (TPSA) is 133 Å². The largest absolute Gasteiger partial charge is 0.350 e. The van der Waals surface area contributed by atoms with Gasteiger partial charge < -0.3 is 11.5 Å². The van der Waals surface area contributed by atoms with Gasteiger partial charge >= 0.3 is 12.1 Å². The van der Waals surface area contributed by atoms with Crippen LogP contribution >= 0.6 is 0 Å². The first-order valence-corrected chi connectivity index (χ1v) is 11.3. The number of nitrogens with zero attached hydrogens (tertiary/aromatic N) is 2. The predicted molar refractivity (Wildman–Crippen MR) is 135 cm³/mol. The molecular formula is C27H34N4O4. The van der Waals surface area contributed by atoms with Gasteiger partial charge in [0.25, 0.3) is 0 Å². The van der Waals surface area contributed by atoms with Gasteiger partial charge in [-0.15, -0.1) is 11.8 Å². The quantitative estimate of drug-likeness (QED) is 0.207. The molecule has 4 amide bonds. The molecule has 0 bridgehead atoms. The van der Waals surface area contributed by atoms with E-state index >= 15 is 0 Å². The highest BCUT2D eigenvalue weighted by Crippen LogP contribution is 2.04. The summed E-state index contributed by atoms with van der Waals surface area (Å²) in [5.41, 5.74) is 12.3. The number of carbonyl (C=O) groups is 2. The number of primary amides is 2. The van der Waals surface area contributed by atoms with Gasteiger partial charge in [0, 0.05) is 12.8 Å². The molecular weight excluding hydrogens is 444 g/mol. The Kier molecular flexibility index (Phi) is 13.8. The Hall–Kier alpha value is -3.98. The Morgan fingerprint density at radius 2 is 1.14 bits per heavy atom. The summed E-state index contributed by atoms with van der Waals surface area (Å²) in [7, 11) is 0. The van der Waals surface area contributed by atoms with Crippen molar-refractivity contribution in [2.45, 2.75) is 58.0 Å². The van der Waals surface area contributed by atoms with Crippen LogP contribution in [0, 0.1) is 23.7 Å². The number of unbranched alkanes of at least 4 members (excludes halogenated alkanes) is 1. The number of rotatable bonds is 7. The van der Waals surface area contributed by atoms with E-state index in [2.05, 4.69) is 35.8 Å². The smallest absolute Gasteiger partial charge is 0.339 e. The van der Waals surface area contributed by atoms with Crippen molar-refractivity contribution >= 4 is 12.1 Å². The first kappa shape index (κ1) is 29.1. The Morgan fingerprint density at radius 1 is 0.743 bits per heavy atom. The minimum atomic E-state index is -0.894. The number of carbonyl (C=O) groups excluding carboxylic acids is 2.